The number of carbonyl (C=O) groups excluding carboxylic acids is 1. The zero-order valence-electron chi connectivity index (χ0n) is 7.90. The molecular weight excluding hydrogens is 179 g/mol. The summed E-state index contributed by atoms with van der Waals surface area (Å²) in [4.78, 5) is 10.6. The van der Waals surface area contributed by atoms with E-state index < -0.39 is 0 Å². The molecule has 4 nitrogen and oxygen atoms in total. The monoisotopic (exact) mass is 190 g/mol. The Kier molecular flexibility index (Phi) is 3.73. The van der Waals surface area contributed by atoms with Crippen LogP contribution in [0.1, 0.15) is 11.1 Å². The van der Waals surface area contributed by atoms with Gasteiger partial charge in [-0.1, -0.05) is 29.4 Å². The summed E-state index contributed by atoms with van der Waals surface area (Å²) in [7, 11) is 1.48. The van der Waals surface area contributed by atoms with Crippen molar-refractivity contribution in [2.45, 2.75) is 6.54 Å². The van der Waals surface area contributed by atoms with Crippen LogP contribution >= 0.6 is 0 Å². The number of rotatable bonds is 3. The maximum Gasteiger partial charge on any atom is 0.215 e. The average molecular weight is 190 g/mol. The number of hydrogen-bond donors (Lipinski definition) is 2. The molecule has 5 heteroatoms. The zero-order chi connectivity index (χ0) is 10.4. The fourth-order valence-corrected chi connectivity index (χ4v) is 1.01. The number of amides is 1. The van der Waals surface area contributed by atoms with Crippen molar-refractivity contribution in [2.75, 3.05) is 0 Å². The second kappa shape index (κ2) is 5.06. The third-order valence-electron chi connectivity index (χ3n) is 1.73. The van der Waals surface area contributed by atoms with E-state index in [-0.39, 0.29) is 5.81 Å². The van der Waals surface area contributed by atoms with E-state index in [0.29, 0.717) is 6.54 Å². The quantitative estimate of drug-likeness (QED) is 0.312. The standard InChI is InChI=1S/C9H11BN2O2/c10-9(13)11-5-7-1-3-8(4-2-7)6-12-14/h1-4,6,14H,5,10H2,(H,11,13)/b12-6+. The molecule has 0 fully saturated rings. The van der Waals surface area contributed by atoms with Gasteiger partial charge in [0.05, 0.1) is 6.21 Å². The van der Waals surface area contributed by atoms with Crippen LogP contribution in [0, 0.1) is 0 Å². The van der Waals surface area contributed by atoms with Crippen molar-refractivity contribution < 1.29 is 10.0 Å². The highest BCUT2D eigenvalue weighted by Gasteiger charge is 1.94. The maximum absolute atomic E-state index is 10.6. The van der Waals surface area contributed by atoms with E-state index in [0.717, 1.165) is 11.1 Å². The molecule has 0 aliphatic carbocycles. The fraction of sp³-hybridized carbons (Fsp3) is 0.111. The molecule has 1 aromatic rings. The molecule has 0 saturated carbocycles. The van der Waals surface area contributed by atoms with Crippen molar-refractivity contribution >= 4 is 19.9 Å². The number of nitrogens with zero attached hydrogens (tertiary/aromatic N) is 1. The molecule has 0 bridgehead atoms. The highest BCUT2D eigenvalue weighted by molar-refractivity contribution is 6.57. The molecular formula is C9H11BN2O2. The molecule has 2 N–H and O–H groups in total. The molecule has 0 unspecified atom stereocenters. The van der Waals surface area contributed by atoms with Crippen molar-refractivity contribution in [3.8, 4) is 0 Å². The van der Waals surface area contributed by atoms with E-state index in [2.05, 4.69) is 10.5 Å². The molecule has 0 aliphatic heterocycles. The van der Waals surface area contributed by atoms with Crippen LogP contribution in [0.25, 0.3) is 0 Å². The van der Waals surface area contributed by atoms with Crippen LogP contribution in [-0.4, -0.2) is 25.1 Å². The summed E-state index contributed by atoms with van der Waals surface area (Å²) in [5, 5.41) is 13.9. The average Bonchev–Trinajstić information content (AvgIpc) is 2.17. The smallest absolute Gasteiger partial charge is 0.215 e. The van der Waals surface area contributed by atoms with Gasteiger partial charge in [0.25, 0.3) is 0 Å². The Morgan fingerprint density at radius 2 is 2.14 bits per heavy atom. The van der Waals surface area contributed by atoms with Crippen molar-refractivity contribution in [3.05, 3.63) is 35.4 Å². The first-order valence-electron chi connectivity index (χ1n) is 4.23. The Bertz CT molecular complexity index is 335. The molecule has 1 amide bonds. The maximum atomic E-state index is 10.6. The van der Waals surface area contributed by atoms with Crippen molar-refractivity contribution in [2.24, 2.45) is 5.16 Å². The van der Waals surface area contributed by atoms with E-state index in [1.807, 2.05) is 24.3 Å². The molecule has 1 aromatic carbocycles. The first-order valence-corrected chi connectivity index (χ1v) is 4.23. The largest absolute Gasteiger partial charge is 0.411 e. The normalized spacial score (nSPS) is 10.3. The summed E-state index contributed by atoms with van der Waals surface area (Å²) in [6.45, 7) is 0.520. The Morgan fingerprint density at radius 1 is 1.50 bits per heavy atom. The fourth-order valence-electron chi connectivity index (χ4n) is 1.01. The minimum Gasteiger partial charge on any atom is -0.411 e. The molecule has 0 spiro atoms. The van der Waals surface area contributed by atoms with E-state index in [9.17, 15) is 4.79 Å². The lowest BCUT2D eigenvalue weighted by atomic mass is 10.1. The van der Waals surface area contributed by atoms with Crippen LogP contribution in [0.3, 0.4) is 0 Å². The van der Waals surface area contributed by atoms with Gasteiger partial charge in [-0.3, -0.25) is 4.79 Å². The summed E-state index contributed by atoms with van der Waals surface area (Å²) in [5.41, 5.74) is 1.83. The molecule has 1 rings (SSSR count). The van der Waals surface area contributed by atoms with Gasteiger partial charge in [0.1, 0.15) is 0 Å². The predicted octanol–water partition coefficient (Wildman–Crippen LogP) is 0.337. The van der Waals surface area contributed by atoms with Gasteiger partial charge >= 0.3 is 0 Å². The molecule has 0 heterocycles. The van der Waals surface area contributed by atoms with Gasteiger partial charge in [0, 0.05) is 6.54 Å². The molecule has 72 valence electrons. The number of nitrogens with one attached hydrogen (secondary N) is 1. The highest BCUT2D eigenvalue weighted by atomic mass is 16.4. The summed E-state index contributed by atoms with van der Waals surface area (Å²) in [6, 6.07) is 7.37. The summed E-state index contributed by atoms with van der Waals surface area (Å²) < 4.78 is 0. The molecule has 0 atom stereocenters. The lowest BCUT2D eigenvalue weighted by Gasteiger charge is -2.02. The molecule has 0 radical (unpaired) electrons. The third kappa shape index (κ3) is 3.31. The minimum atomic E-state index is -0.0500. The van der Waals surface area contributed by atoms with Crippen molar-refractivity contribution in [1.29, 1.82) is 0 Å². The van der Waals surface area contributed by atoms with Gasteiger partial charge < -0.3 is 10.5 Å². The minimum absolute atomic E-state index is 0.0500. The van der Waals surface area contributed by atoms with Crippen LogP contribution in [0.2, 0.25) is 0 Å². The summed E-state index contributed by atoms with van der Waals surface area (Å²) in [5.74, 6) is -0.0500. The van der Waals surface area contributed by atoms with Gasteiger partial charge in [0.2, 0.25) is 7.85 Å². The van der Waals surface area contributed by atoms with Crippen LogP contribution in [0.15, 0.2) is 29.4 Å². The third-order valence-corrected chi connectivity index (χ3v) is 1.73. The molecule has 0 aliphatic rings. The molecule has 0 saturated heterocycles. The van der Waals surface area contributed by atoms with Crippen LogP contribution in [-0.2, 0) is 6.54 Å². The Hall–Kier alpha value is -1.78. The summed E-state index contributed by atoms with van der Waals surface area (Å²) in [6.07, 6.45) is 1.35. The lowest BCUT2D eigenvalue weighted by Crippen LogP contribution is -2.20. The number of oxime groups is 1. The lowest BCUT2D eigenvalue weighted by molar-refractivity contribution is 0.259. The first kappa shape index (κ1) is 10.3. The van der Waals surface area contributed by atoms with Gasteiger partial charge in [-0.15, -0.1) is 0 Å². The van der Waals surface area contributed by atoms with Crippen LogP contribution < -0.4 is 5.32 Å². The Morgan fingerprint density at radius 3 is 2.64 bits per heavy atom. The highest BCUT2D eigenvalue weighted by Crippen LogP contribution is 2.01. The molecule has 14 heavy (non-hydrogen) atoms. The summed E-state index contributed by atoms with van der Waals surface area (Å²) >= 11 is 0. The Balaban J connectivity index is 2.59. The van der Waals surface area contributed by atoms with Crippen LogP contribution in [0.5, 0.6) is 0 Å². The number of hydrogen-bond acceptors (Lipinski definition) is 3. The zero-order valence-corrected chi connectivity index (χ0v) is 7.90. The first-order chi connectivity index (χ1) is 6.72. The Labute approximate surface area is 83.0 Å². The second-order valence-corrected chi connectivity index (χ2v) is 2.90. The van der Waals surface area contributed by atoms with Crippen molar-refractivity contribution in [3.63, 3.8) is 0 Å². The molecule has 0 aromatic heterocycles. The number of carbonyl (C=O) groups is 1. The predicted molar refractivity (Wildman–Crippen MR) is 56.6 cm³/mol. The second-order valence-electron chi connectivity index (χ2n) is 2.90. The van der Waals surface area contributed by atoms with Gasteiger partial charge in [-0.2, -0.15) is 0 Å². The van der Waals surface area contributed by atoms with Gasteiger partial charge in [-0.05, 0) is 11.1 Å². The van der Waals surface area contributed by atoms with E-state index in [1.54, 1.807) is 0 Å². The van der Waals surface area contributed by atoms with Gasteiger partial charge in [-0.25, -0.2) is 0 Å². The van der Waals surface area contributed by atoms with Crippen molar-refractivity contribution in [1.82, 2.24) is 5.32 Å². The van der Waals surface area contributed by atoms with Gasteiger partial charge in [0.15, 0.2) is 5.81 Å². The topological polar surface area (TPSA) is 61.7 Å². The number of benzene rings is 1. The van der Waals surface area contributed by atoms with E-state index in [1.165, 1.54) is 14.1 Å². The SMILES string of the molecule is BC(=O)NCc1ccc(/C=N/O)cc1. The van der Waals surface area contributed by atoms with Crippen LogP contribution in [0.4, 0.5) is 4.79 Å². The van der Waals surface area contributed by atoms with E-state index in [4.69, 9.17) is 5.21 Å². The van der Waals surface area contributed by atoms with E-state index >= 15 is 0 Å².